The third-order valence-electron chi connectivity index (χ3n) is 4.42. The second-order valence-electron chi connectivity index (χ2n) is 7.03. The molecule has 3 N–H and O–H groups in total. The van der Waals surface area contributed by atoms with Crippen LogP contribution in [-0.4, -0.2) is 51.1 Å². The van der Waals surface area contributed by atoms with Crippen molar-refractivity contribution in [1.82, 2.24) is 24.6 Å². The number of aromatic nitrogens is 4. The lowest BCUT2D eigenvalue weighted by atomic mass is 10.3. The van der Waals surface area contributed by atoms with E-state index < -0.39 is 25.6 Å². The summed E-state index contributed by atoms with van der Waals surface area (Å²) < 4.78 is 31.5. The summed E-state index contributed by atoms with van der Waals surface area (Å²) in [5.41, 5.74) is 6.87. The molecule has 11 nitrogen and oxygen atoms in total. The second-order valence-corrected chi connectivity index (χ2v) is 9.51. The number of halogens is 1. The van der Waals surface area contributed by atoms with E-state index in [2.05, 4.69) is 20.0 Å². The molecule has 2 heterocycles. The highest BCUT2D eigenvalue weighted by molar-refractivity contribution is 7.57. The molecule has 0 saturated carbocycles. The normalized spacial score (nSPS) is 15.1. The van der Waals surface area contributed by atoms with E-state index in [0.717, 1.165) is 0 Å². The van der Waals surface area contributed by atoms with Crippen LogP contribution in [0.25, 0.3) is 11.2 Å². The zero-order valence-electron chi connectivity index (χ0n) is 17.8. The number of hydrogen-bond acceptors (Lipinski definition) is 9. The molecule has 32 heavy (non-hydrogen) atoms. The molecule has 0 aliphatic rings. The number of rotatable bonds is 10. The van der Waals surface area contributed by atoms with Gasteiger partial charge in [0, 0.05) is 5.02 Å². The van der Waals surface area contributed by atoms with Crippen molar-refractivity contribution in [1.29, 1.82) is 0 Å². The highest BCUT2D eigenvalue weighted by Gasteiger charge is 2.31. The van der Waals surface area contributed by atoms with Gasteiger partial charge in [0.2, 0.25) is 0 Å². The van der Waals surface area contributed by atoms with E-state index in [1.165, 1.54) is 20.4 Å². The molecule has 1 unspecified atom stereocenters. The first-order valence-electron chi connectivity index (χ1n) is 9.63. The van der Waals surface area contributed by atoms with Crippen LogP contribution in [0.2, 0.25) is 5.02 Å². The Bertz CT molecular complexity index is 1130. The maximum Gasteiger partial charge on any atom is 0.342 e. The van der Waals surface area contributed by atoms with Gasteiger partial charge >= 0.3 is 13.5 Å². The number of carbonyl (C=O) groups is 1. The van der Waals surface area contributed by atoms with E-state index in [1.54, 1.807) is 42.1 Å². The second kappa shape index (κ2) is 10.3. The first-order valence-corrected chi connectivity index (χ1v) is 11.8. The van der Waals surface area contributed by atoms with Crippen molar-refractivity contribution < 1.29 is 23.4 Å². The maximum atomic E-state index is 13.5. The van der Waals surface area contributed by atoms with E-state index in [9.17, 15) is 9.36 Å². The number of carbonyl (C=O) groups excluding carboxylic acids is 1. The van der Waals surface area contributed by atoms with Gasteiger partial charge in [-0.25, -0.2) is 20.0 Å². The Morgan fingerprint density at radius 3 is 2.66 bits per heavy atom. The molecular weight excluding hydrogens is 459 g/mol. The Kier molecular flexibility index (Phi) is 7.68. The van der Waals surface area contributed by atoms with Crippen LogP contribution < -0.4 is 15.3 Å². The summed E-state index contributed by atoms with van der Waals surface area (Å²) in [6.45, 7) is 3.68. The lowest BCUT2D eigenvalue weighted by molar-refractivity contribution is -0.142. The van der Waals surface area contributed by atoms with Gasteiger partial charge in [-0.15, -0.1) is 0 Å². The third-order valence-corrected chi connectivity index (χ3v) is 6.45. The number of esters is 1. The fourth-order valence-corrected chi connectivity index (χ4v) is 4.78. The van der Waals surface area contributed by atoms with Crippen molar-refractivity contribution in [3.63, 3.8) is 0 Å². The molecule has 0 radical (unpaired) electrons. The van der Waals surface area contributed by atoms with E-state index in [0.29, 0.717) is 28.5 Å². The van der Waals surface area contributed by atoms with Gasteiger partial charge in [-0.1, -0.05) is 11.6 Å². The number of imidazole rings is 1. The number of fused-ring (bicyclic) bond motifs is 1. The molecule has 3 aromatic rings. The average molecular weight is 483 g/mol. The van der Waals surface area contributed by atoms with Gasteiger partial charge in [0.05, 0.1) is 26.1 Å². The van der Waals surface area contributed by atoms with Crippen LogP contribution in [0.5, 0.6) is 5.75 Å². The number of hydrogen-bond donors (Lipinski definition) is 2. The number of nitrogen functional groups attached to an aromatic ring is 1. The Labute approximate surface area is 189 Å². The summed E-state index contributed by atoms with van der Waals surface area (Å²) in [6, 6.07) is 5.47. The lowest BCUT2D eigenvalue weighted by Gasteiger charge is -2.24. The zero-order chi connectivity index (χ0) is 23.3. The SMILES string of the molecule is COC(=O)[C@H](C)NP(=O)(CO[C@H](C)Cn1cnc2c(N)ncnc21)Oc1ccc(Cl)cc1. The monoisotopic (exact) mass is 482 g/mol. The van der Waals surface area contributed by atoms with Crippen LogP contribution in [0.4, 0.5) is 5.82 Å². The number of ether oxygens (including phenoxy) is 2. The van der Waals surface area contributed by atoms with E-state index in [4.69, 9.17) is 31.3 Å². The number of nitrogens with zero attached hydrogens (tertiary/aromatic N) is 4. The molecule has 0 aliphatic carbocycles. The molecule has 0 spiro atoms. The van der Waals surface area contributed by atoms with Gasteiger partial charge in [-0.3, -0.25) is 9.36 Å². The summed E-state index contributed by atoms with van der Waals surface area (Å²) in [7, 11) is -2.42. The van der Waals surface area contributed by atoms with Gasteiger partial charge in [-0.2, -0.15) is 0 Å². The van der Waals surface area contributed by atoms with Crippen molar-refractivity contribution in [2.45, 2.75) is 32.5 Å². The van der Waals surface area contributed by atoms with Crippen LogP contribution in [-0.2, 0) is 25.4 Å². The van der Waals surface area contributed by atoms with Crippen LogP contribution in [0.15, 0.2) is 36.9 Å². The number of anilines is 1. The first kappa shape index (κ1) is 23.9. The molecule has 13 heteroatoms. The fraction of sp³-hybridized carbons (Fsp3) is 0.368. The molecule has 0 aliphatic heterocycles. The molecule has 1 aromatic carbocycles. The minimum Gasteiger partial charge on any atom is -0.468 e. The van der Waals surface area contributed by atoms with Gasteiger partial charge in [0.1, 0.15) is 30.0 Å². The molecular formula is C19H24ClN6O5P. The Balaban J connectivity index is 1.71. The van der Waals surface area contributed by atoms with Crippen molar-refractivity contribution in [2.75, 3.05) is 19.2 Å². The van der Waals surface area contributed by atoms with Crippen molar-refractivity contribution in [2.24, 2.45) is 0 Å². The smallest absolute Gasteiger partial charge is 0.342 e. The highest BCUT2D eigenvalue weighted by Crippen LogP contribution is 2.44. The molecule has 0 bridgehead atoms. The molecule has 0 amide bonds. The number of nitrogens with one attached hydrogen (secondary N) is 1. The lowest BCUT2D eigenvalue weighted by Crippen LogP contribution is -2.35. The molecule has 172 valence electrons. The van der Waals surface area contributed by atoms with Gasteiger partial charge in [0.25, 0.3) is 0 Å². The average Bonchev–Trinajstić information content (AvgIpc) is 3.17. The quantitative estimate of drug-likeness (QED) is 0.327. The van der Waals surface area contributed by atoms with Crippen LogP contribution in [0.1, 0.15) is 13.8 Å². The molecule has 3 rings (SSSR count). The molecule has 0 saturated heterocycles. The summed E-state index contributed by atoms with van der Waals surface area (Å²) >= 11 is 5.90. The highest BCUT2D eigenvalue weighted by atomic mass is 35.5. The van der Waals surface area contributed by atoms with Crippen molar-refractivity contribution in [3.05, 3.63) is 41.9 Å². The zero-order valence-corrected chi connectivity index (χ0v) is 19.4. The Hall–Kier alpha value is -2.72. The minimum absolute atomic E-state index is 0.282. The molecule has 2 aromatic heterocycles. The van der Waals surface area contributed by atoms with Crippen LogP contribution in [0.3, 0.4) is 0 Å². The van der Waals surface area contributed by atoms with Gasteiger partial charge < -0.3 is 24.3 Å². The van der Waals surface area contributed by atoms with E-state index >= 15 is 0 Å². The summed E-state index contributed by atoms with van der Waals surface area (Å²) in [4.78, 5) is 24.2. The van der Waals surface area contributed by atoms with Gasteiger partial charge in [-0.05, 0) is 38.1 Å². The summed E-state index contributed by atoms with van der Waals surface area (Å²) in [6.07, 6.45) is 2.23. The predicted octanol–water partition coefficient (Wildman–Crippen LogP) is 2.85. The van der Waals surface area contributed by atoms with Crippen LogP contribution >= 0.6 is 19.1 Å². The molecule has 3 atom stereocenters. The van der Waals surface area contributed by atoms with Gasteiger partial charge in [0.15, 0.2) is 11.5 Å². The fourth-order valence-electron chi connectivity index (χ4n) is 2.87. The predicted molar refractivity (Wildman–Crippen MR) is 119 cm³/mol. The Morgan fingerprint density at radius 2 is 1.97 bits per heavy atom. The maximum absolute atomic E-state index is 13.5. The summed E-state index contributed by atoms with van der Waals surface area (Å²) in [5.74, 6) is 0.00986. The topological polar surface area (TPSA) is 143 Å². The molecule has 0 fully saturated rings. The Morgan fingerprint density at radius 1 is 1.25 bits per heavy atom. The third kappa shape index (κ3) is 5.95. The first-order chi connectivity index (χ1) is 15.2. The number of nitrogens with two attached hydrogens (primary N) is 1. The minimum atomic E-state index is -3.67. The van der Waals surface area contributed by atoms with Crippen LogP contribution in [0, 0.1) is 0 Å². The summed E-state index contributed by atoms with van der Waals surface area (Å²) in [5, 5.41) is 3.21. The van der Waals surface area contributed by atoms with Crippen molar-refractivity contribution in [3.8, 4) is 5.75 Å². The largest absolute Gasteiger partial charge is 0.468 e. The van der Waals surface area contributed by atoms with E-state index in [-0.39, 0.29) is 12.2 Å². The standard InChI is InChI=1S/C19H24ClN6O5P/c1-12(8-26-10-24-16-17(21)22-9-23-18(16)26)30-11-32(28,25-13(2)19(27)29-3)31-15-6-4-14(20)5-7-15/h4-7,9-10,12-13H,8,11H2,1-3H3,(H,25,28)(H2,21,22,23)/t12-,13+,32?/m1/s1. The number of methoxy groups -OCH3 is 1. The van der Waals surface area contributed by atoms with Crippen molar-refractivity contribution >= 4 is 42.1 Å². The number of benzene rings is 1. The van der Waals surface area contributed by atoms with E-state index in [1.807, 2.05) is 0 Å².